The van der Waals surface area contributed by atoms with Crippen molar-refractivity contribution in [2.45, 2.75) is 38.8 Å². The lowest BCUT2D eigenvalue weighted by molar-refractivity contribution is -0.140. The van der Waals surface area contributed by atoms with Crippen molar-refractivity contribution >= 4 is 17.2 Å². The van der Waals surface area contributed by atoms with Crippen molar-refractivity contribution in [3.8, 4) is 0 Å². The minimum absolute atomic E-state index is 0.00659. The average molecular weight is 253 g/mol. The summed E-state index contributed by atoms with van der Waals surface area (Å²) in [5.41, 5.74) is 8.41. The third-order valence-corrected chi connectivity index (χ3v) is 4.38. The topological polar surface area (TPSA) is 59.2 Å². The summed E-state index contributed by atoms with van der Waals surface area (Å²) in [6, 6.07) is -0.00659. The first kappa shape index (κ1) is 12.5. The minimum Gasteiger partial charge on any atom is -0.339 e. The number of nitrogens with two attached hydrogens (primary N) is 1. The van der Waals surface area contributed by atoms with Crippen molar-refractivity contribution in [1.29, 1.82) is 0 Å². The summed E-state index contributed by atoms with van der Waals surface area (Å²) in [5.74, 6) is 0.149. The molecule has 1 aromatic heterocycles. The molecule has 1 aliphatic rings. The summed E-state index contributed by atoms with van der Waals surface area (Å²) in [5, 5.41) is 1.97. The van der Waals surface area contributed by atoms with Gasteiger partial charge < -0.3 is 10.6 Å². The summed E-state index contributed by atoms with van der Waals surface area (Å²) in [6.07, 6.45) is 2.90. The van der Waals surface area contributed by atoms with Crippen LogP contribution in [0.3, 0.4) is 0 Å². The third kappa shape index (κ3) is 2.35. The van der Waals surface area contributed by atoms with Crippen LogP contribution in [0.2, 0.25) is 0 Å². The van der Waals surface area contributed by atoms with Crippen LogP contribution >= 0.6 is 11.3 Å². The maximum Gasteiger partial charge on any atom is 0.230 e. The summed E-state index contributed by atoms with van der Waals surface area (Å²) in [7, 11) is 1.83. The Labute approximate surface area is 106 Å². The largest absolute Gasteiger partial charge is 0.339 e. The van der Waals surface area contributed by atoms with E-state index in [9.17, 15) is 4.79 Å². The Hall–Kier alpha value is -0.940. The molecule has 1 amide bonds. The summed E-state index contributed by atoms with van der Waals surface area (Å²) in [6.45, 7) is 2.56. The minimum atomic E-state index is -0.384. The second-order valence-corrected chi connectivity index (χ2v) is 5.78. The molecular weight excluding hydrogens is 234 g/mol. The van der Waals surface area contributed by atoms with Gasteiger partial charge in [0.1, 0.15) is 0 Å². The van der Waals surface area contributed by atoms with Crippen LogP contribution in [0, 0.1) is 5.41 Å². The summed E-state index contributed by atoms with van der Waals surface area (Å²) < 4.78 is 0. The summed E-state index contributed by atoms with van der Waals surface area (Å²) >= 11 is 1.55. The van der Waals surface area contributed by atoms with Crippen molar-refractivity contribution in [2.24, 2.45) is 11.1 Å². The predicted molar refractivity (Wildman–Crippen MR) is 68.5 cm³/mol. The number of hydrogen-bond donors (Lipinski definition) is 1. The van der Waals surface area contributed by atoms with Gasteiger partial charge in [-0.05, 0) is 19.8 Å². The molecule has 1 heterocycles. The maximum atomic E-state index is 12.4. The number of carbonyl (C=O) groups is 1. The fourth-order valence-corrected chi connectivity index (χ4v) is 3.07. The maximum absolute atomic E-state index is 12.4. The third-order valence-electron chi connectivity index (χ3n) is 3.75. The van der Waals surface area contributed by atoms with Gasteiger partial charge in [-0.3, -0.25) is 4.79 Å². The van der Waals surface area contributed by atoms with Gasteiger partial charge in [-0.1, -0.05) is 6.42 Å². The molecule has 2 atom stereocenters. The van der Waals surface area contributed by atoms with Crippen LogP contribution in [-0.4, -0.2) is 28.9 Å². The Kier molecular flexibility index (Phi) is 3.49. The standard InChI is InChI=1S/C12H19N3OS/c1-12(5-3-4-10(12)13)11(16)15(2)6-9-7-17-8-14-9/h7-8,10H,3-6,13H2,1-2H3. The molecule has 0 bridgehead atoms. The lowest BCUT2D eigenvalue weighted by Gasteiger charge is -2.32. The Morgan fingerprint density at radius 3 is 3.06 bits per heavy atom. The van der Waals surface area contributed by atoms with Crippen molar-refractivity contribution < 1.29 is 4.79 Å². The zero-order chi connectivity index (χ0) is 12.5. The van der Waals surface area contributed by atoms with Crippen LogP contribution in [0.4, 0.5) is 0 Å². The van der Waals surface area contributed by atoms with Gasteiger partial charge in [0.15, 0.2) is 0 Å². The molecule has 2 N–H and O–H groups in total. The van der Waals surface area contributed by atoms with Crippen LogP contribution in [-0.2, 0) is 11.3 Å². The Balaban J connectivity index is 2.04. The number of amides is 1. The Bertz CT molecular complexity index is 392. The van der Waals surface area contributed by atoms with E-state index in [1.54, 1.807) is 21.7 Å². The van der Waals surface area contributed by atoms with E-state index < -0.39 is 0 Å². The van der Waals surface area contributed by atoms with E-state index in [2.05, 4.69) is 4.98 Å². The molecule has 0 radical (unpaired) electrons. The molecule has 4 nitrogen and oxygen atoms in total. The fourth-order valence-electron chi connectivity index (χ4n) is 2.53. The first-order valence-electron chi connectivity index (χ1n) is 5.92. The van der Waals surface area contributed by atoms with E-state index in [0.29, 0.717) is 6.54 Å². The number of rotatable bonds is 3. The van der Waals surface area contributed by atoms with Crippen LogP contribution in [0.1, 0.15) is 31.9 Å². The normalized spacial score (nSPS) is 28.3. The lowest BCUT2D eigenvalue weighted by atomic mass is 9.83. The van der Waals surface area contributed by atoms with Crippen molar-refractivity contribution in [3.63, 3.8) is 0 Å². The highest BCUT2D eigenvalue weighted by atomic mass is 32.1. The SMILES string of the molecule is CN(Cc1cscn1)C(=O)C1(C)CCCC1N. The molecule has 1 fully saturated rings. The number of aromatic nitrogens is 1. The second-order valence-electron chi connectivity index (χ2n) is 5.06. The van der Waals surface area contributed by atoms with E-state index >= 15 is 0 Å². The molecule has 94 valence electrons. The van der Waals surface area contributed by atoms with E-state index in [4.69, 9.17) is 5.73 Å². The second kappa shape index (κ2) is 4.74. The molecule has 1 saturated carbocycles. The average Bonchev–Trinajstić information content (AvgIpc) is 2.90. The Morgan fingerprint density at radius 2 is 2.53 bits per heavy atom. The quantitative estimate of drug-likeness (QED) is 0.890. The van der Waals surface area contributed by atoms with Gasteiger partial charge >= 0.3 is 0 Å². The number of hydrogen-bond acceptors (Lipinski definition) is 4. The van der Waals surface area contributed by atoms with Gasteiger partial charge in [0.2, 0.25) is 5.91 Å². The van der Waals surface area contributed by atoms with Gasteiger partial charge in [0.25, 0.3) is 0 Å². The highest BCUT2D eigenvalue weighted by molar-refractivity contribution is 7.07. The molecule has 1 aliphatic carbocycles. The number of thiazole rings is 1. The van der Waals surface area contributed by atoms with Gasteiger partial charge in [-0.2, -0.15) is 0 Å². The van der Waals surface area contributed by atoms with E-state index in [1.807, 2.05) is 19.4 Å². The predicted octanol–water partition coefficient (Wildman–Crippen LogP) is 1.62. The molecule has 5 heteroatoms. The van der Waals surface area contributed by atoms with Crippen molar-refractivity contribution in [2.75, 3.05) is 7.05 Å². The molecule has 2 unspecified atom stereocenters. The van der Waals surface area contributed by atoms with Crippen LogP contribution in [0.5, 0.6) is 0 Å². The molecule has 0 aliphatic heterocycles. The van der Waals surface area contributed by atoms with Crippen LogP contribution in [0.25, 0.3) is 0 Å². The number of nitrogens with zero attached hydrogens (tertiary/aromatic N) is 2. The molecule has 0 spiro atoms. The van der Waals surface area contributed by atoms with Gasteiger partial charge in [0.05, 0.1) is 23.2 Å². The van der Waals surface area contributed by atoms with Crippen LogP contribution < -0.4 is 5.73 Å². The first-order chi connectivity index (χ1) is 8.04. The smallest absolute Gasteiger partial charge is 0.230 e. The lowest BCUT2D eigenvalue weighted by Crippen LogP contribution is -2.47. The first-order valence-corrected chi connectivity index (χ1v) is 6.86. The highest BCUT2D eigenvalue weighted by Gasteiger charge is 2.44. The molecule has 2 rings (SSSR count). The molecular formula is C12H19N3OS. The highest BCUT2D eigenvalue weighted by Crippen LogP contribution is 2.38. The number of carbonyl (C=O) groups excluding carboxylic acids is 1. The Morgan fingerprint density at radius 1 is 1.76 bits per heavy atom. The monoisotopic (exact) mass is 253 g/mol. The fraction of sp³-hybridized carbons (Fsp3) is 0.667. The van der Waals surface area contributed by atoms with E-state index in [0.717, 1.165) is 25.0 Å². The molecule has 0 aromatic carbocycles. The zero-order valence-corrected chi connectivity index (χ0v) is 11.2. The molecule has 1 aromatic rings. The van der Waals surface area contributed by atoms with E-state index in [1.165, 1.54) is 0 Å². The van der Waals surface area contributed by atoms with Gasteiger partial charge in [-0.25, -0.2) is 4.98 Å². The summed E-state index contributed by atoms with van der Waals surface area (Å²) in [4.78, 5) is 18.4. The molecule has 17 heavy (non-hydrogen) atoms. The van der Waals surface area contributed by atoms with Crippen LogP contribution in [0.15, 0.2) is 10.9 Å². The van der Waals surface area contributed by atoms with Gasteiger partial charge in [-0.15, -0.1) is 11.3 Å². The van der Waals surface area contributed by atoms with Crippen molar-refractivity contribution in [1.82, 2.24) is 9.88 Å². The van der Waals surface area contributed by atoms with Crippen molar-refractivity contribution in [3.05, 3.63) is 16.6 Å². The molecule has 0 saturated heterocycles. The van der Waals surface area contributed by atoms with Gasteiger partial charge in [0, 0.05) is 18.5 Å². The van der Waals surface area contributed by atoms with E-state index in [-0.39, 0.29) is 17.4 Å². The zero-order valence-electron chi connectivity index (χ0n) is 10.3.